The second-order valence-corrected chi connectivity index (χ2v) is 7.23. The van der Waals surface area contributed by atoms with E-state index in [1.165, 1.54) is 9.78 Å². The fraction of sp³-hybridized carbons (Fsp3) is 0.688. The van der Waals surface area contributed by atoms with Crippen LogP contribution in [0, 0.1) is 5.92 Å². The van der Waals surface area contributed by atoms with Gasteiger partial charge in [0.25, 0.3) is 0 Å². The molecule has 2 heterocycles. The maximum atomic E-state index is 12.4. The number of thiophene rings is 1. The van der Waals surface area contributed by atoms with E-state index in [0.29, 0.717) is 31.5 Å². The molecular weight excluding hydrogens is 337 g/mol. The Hall–Kier alpha value is -1.28. The first-order valence-electron chi connectivity index (χ1n) is 8.14. The molecule has 0 radical (unpaired) electrons. The van der Waals surface area contributed by atoms with Gasteiger partial charge in [0.1, 0.15) is 0 Å². The monoisotopic (exact) mass is 362 g/mol. The van der Waals surface area contributed by atoms with Crippen molar-refractivity contribution in [2.75, 3.05) is 39.8 Å². The van der Waals surface area contributed by atoms with Crippen LogP contribution in [0.5, 0.6) is 0 Å². The molecule has 24 heavy (non-hydrogen) atoms. The van der Waals surface area contributed by atoms with E-state index >= 15 is 0 Å². The highest BCUT2D eigenvalue weighted by atomic mass is 32.1. The second kappa shape index (κ2) is 8.71. The van der Waals surface area contributed by atoms with E-state index in [1.54, 1.807) is 18.4 Å². The molecule has 2 atom stereocenters. The highest BCUT2D eigenvalue weighted by Crippen LogP contribution is 2.22. The number of nitrogens with zero attached hydrogens (tertiary/aromatic N) is 2. The molecule has 1 aromatic heterocycles. The maximum absolute atomic E-state index is 12.4. The minimum absolute atomic E-state index is 0.223. The van der Waals surface area contributed by atoms with Crippen LogP contribution in [0.15, 0.2) is 22.5 Å². The molecule has 0 aliphatic carbocycles. The normalized spacial score (nSPS) is 21.0. The van der Waals surface area contributed by atoms with Crippen molar-refractivity contribution in [1.29, 1.82) is 0 Å². The van der Waals surface area contributed by atoms with Crippen LogP contribution in [0.3, 0.4) is 0 Å². The van der Waals surface area contributed by atoms with E-state index in [2.05, 4.69) is 34.0 Å². The van der Waals surface area contributed by atoms with Crippen LogP contribution in [0.25, 0.3) is 0 Å². The third-order valence-electron chi connectivity index (χ3n) is 4.16. The number of halogens is 3. The third kappa shape index (κ3) is 6.32. The van der Waals surface area contributed by atoms with Gasteiger partial charge in [0.15, 0.2) is 5.96 Å². The highest BCUT2D eigenvalue weighted by Gasteiger charge is 2.34. The fourth-order valence-electron chi connectivity index (χ4n) is 2.86. The molecule has 2 rings (SSSR count). The summed E-state index contributed by atoms with van der Waals surface area (Å²) in [6.45, 7) is 3.74. The van der Waals surface area contributed by atoms with Gasteiger partial charge in [-0.3, -0.25) is 9.89 Å². The minimum Gasteiger partial charge on any atom is -0.356 e. The van der Waals surface area contributed by atoms with Crippen LogP contribution in [-0.2, 0) is 0 Å². The van der Waals surface area contributed by atoms with Gasteiger partial charge in [0, 0.05) is 37.5 Å². The number of aliphatic imine (C=N–C) groups is 1. The number of hydrogen-bond donors (Lipinski definition) is 2. The molecule has 0 amide bonds. The number of hydrogen-bond acceptors (Lipinski definition) is 3. The van der Waals surface area contributed by atoms with Crippen LogP contribution >= 0.6 is 11.3 Å². The van der Waals surface area contributed by atoms with E-state index in [9.17, 15) is 13.2 Å². The standard InChI is InChI=1S/C16H25F3N4S/c1-12(14-4-3-7-24-14)8-21-15(20-2)22-9-13-5-6-23(10-13)11-16(17,18)19/h3-4,7,12-13H,5-6,8-11H2,1-2H3,(H2,20,21,22). The Morgan fingerprint density at radius 1 is 1.46 bits per heavy atom. The Morgan fingerprint density at radius 3 is 2.88 bits per heavy atom. The molecule has 0 bridgehead atoms. The summed E-state index contributed by atoms with van der Waals surface area (Å²) in [6.07, 6.45) is -3.33. The summed E-state index contributed by atoms with van der Waals surface area (Å²) in [5.74, 6) is 1.31. The molecule has 2 unspecified atom stereocenters. The van der Waals surface area contributed by atoms with E-state index in [0.717, 1.165) is 13.0 Å². The van der Waals surface area contributed by atoms with Gasteiger partial charge in [-0.25, -0.2) is 0 Å². The van der Waals surface area contributed by atoms with Crippen LogP contribution in [-0.4, -0.2) is 56.8 Å². The molecule has 1 fully saturated rings. The lowest BCUT2D eigenvalue weighted by Crippen LogP contribution is -2.41. The van der Waals surface area contributed by atoms with Gasteiger partial charge in [0.2, 0.25) is 0 Å². The van der Waals surface area contributed by atoms with Crippen molar-refractivity contribution in [1.82, 2.24) is 15.5 Å². The maximum Gasteiger partial charge on any atom is 0.401 e. The van der Waals surface area contributed by atoms with Crippen molar-refractivity contribution in [2.45, 2.75) is 25.4 Å². The molecule has 1 aliphatic rings. The van der Waals surface area contributed by atoms with Crippen molar-refractivity contribution in [2.24, 2.45) is 10.9 Å². The lowest BCUT2D eigenvalue weighted by Gasteiger charge is -2.19. The SMILES string of the molecule is CN=C(NCC1CCN(CC(F)(F)F)C1)NCC(C)c1cccs1. The van der Waals surface area contributed by atoms with E-state index < -0.39 is 12.7 Å². The topological polar surface area (TPSA) is 39.7 Å². The molecule has 136 valence electrons. The number of likely N-dealkylation sites (tertiary alicyclic amines) is 1. The van der Waals surface area contributed by atoms with Crippen LogP contribution in [0.2, 0.25) is 0 Å². The van der Waals surface area contributed by atoms with E-state index in [-0.39, 0.29) is 5.92 Å². The minimum atomic E-state index is -4.11. The Labute approximate surface area is 145 Å². The first-order chi connectivity index (χ1) is 11.4. The Morgan fingerprint density at radius 2 is 2.25 bits per heavy atom. The van der Waals surface area contributed by atoms with Gasteiger partial charge in [0.05, 0.1) is 6.54 Å². The van der Waals surface area contributed by atoms with Crippen molar-refractivity contribution >= 4 is 17.3 Å². The smallest absolute Gasteiger partial charge is 0.356 e. The molecule has 1 aromatic rings. The van der Waals surface area contributed by atoms with Gasteiger partial charge >= 0.3 is 6.18 Å². The fourth-order valence-corrected chi connectivity index (χ4v) is 3.65. The Balaban J connectivity index is 1.69. The molecule has 2 N–H and O–H groups in total. The van der Waals surface area contributed by atoms with E-state index in [4.69, 9.17) is 0 Å². The van der Waals surface area contributed by atoms with Crippen molar-refractivity contribution < 1.29 is 13.2 Å². The summed E-state index contributed by atoms with van der Waals surface area (Å²) in [5.41, 5.74) is 0. The number of nitrogens with one attached hydrogen (secondary N) is 2. The molecule has 1 saturated heterocycles. The first-order valence-corrected chi connectivity index (χ1v) is 9.02. The van der Waals surface area contributed by atoms with Crippen LogP contribution < -0.4 is 10.6 Å². The van der Waals surface area contributed by atoms with Crippen molar-refractivity contribution in [3.8, 4) is 0 Å². The summed E-state index contributed by atoms with van der Waals surface area (Å²) in [4.78, 5) is 6.97. The van der Waals surface area contributed by atoms with Crippen LogP contribution in [0.1, 0.15) is 24.1 Å². The quantitative estimate of drug-likeness (QED) is 0.604. The first kappa shape index (κ1) is 19.1. The highest BCUT2D eigenvalue weighted by molar-refractivity contribution is 7.10. The predicted octanol–water partition coefficient (Wildman–Crippen LogP) is 2.90. The zero-order valence-corrected chi connectivity index (χ0v) is 14.9. The van der Waals surface area contributed by atoms with Crippen molar-refractivity contribution in [3.05, 3.63) is 22.4 Å². The Bertz CT molecular complexity index is 516. The summed E-state index contributed by atoms with van der Waals surface area (Å²) in [5, 5.41) is 8.57. The summed E-state index contributed by atoms with van der Waals surface area (Å²) in [6, 6.07) is 4.15. The molecule has 8 heteroatoms. The predicted molar refractivity (Wildman–Crippen MR) is 92.7 cm³/mol. The molecule has 1 aliphatic heterocycles. The molecule has 0 saturated carbocycles. The lowest BCUT2D eigenvalue weighted by atomic mass is 10.1. The van der Waals surface area contributed by atoms with Gasteiger partial charge in [-0.05, 0) is 30.3 Å². The van der Waals surface area contributed by atoms with Crippen LogP contribution in [0.4, 0.5) is 13.2 Å². The molecule has 0 spiro atoms. The summed E-state index contributed by atoms with van der Waals surface area (Å²) < 4.78 is 37.2. The lowest BCUT2D eigenvalue weighted by molar-refractivity contribution is -0.143. The molecule has 4 nitrogen and oxygen atoms in total. The van der Waals surface area contributed by atoms with Gasteiger partial charge in [-0.2, -0.15) is 13.2 Å². The summed E-state index contributed by atoms with van der Waals surface area (Å²) >= 11 is 1.73. The molecular formula is C16H25F3N4S. The number of guanidine groups is 1. The summed E-state index contributed by atoms with van der Waals surface area (Å²) in [7, 11) is 1.70. The van der Waals surface area contributed by atoms with Gasteiger partial charge in [-0.1, -0.05) is 13.0 Å². The van der Waals surface area contributed by atoms with Gasteiger partial charge < -0.3 is 10.6 Å². The average Bonchev–Trinajstić information content (AvgIpc) is 3.17. The zero-order valence-electron chi connectivity index (χ0n) is 14.1. The van der Waals surface area contributed by atoms with Crippen molar-refractivity contribution in [3.63, 3.8) is 0 Å². The number of alkyl halides is 3. The largest absolute Gasteiger partial charge is 0.401 e. The van der Waals surface area contributed by atoms with Gasteiger partial charge in [-0.15, -0.1) is 11.3 Å². The van der Waals surface area contributed by atoms with E-state index in [1.807, 2.05) is 6.07 Å². The average molecular weight is 362 g/mol. The number of rotatable bonds is 6. The molecule has 0 aromatic carbocycles. The Kier molecular flexibility index (Phi) is 6.91. The second-order valence-electron chi connectivity index (χ2n) is 6.26. The third-order valence-corrected chi connectivity index (χ3v) is 5.26. The zero-order chi connectivity index (χ0) is 17.6.